The minimum Gasteiger partial charge on any atom is -0.437 e. The van der Waals surface area contributed by atoms with Crippen LogP contribution in [-0.4, -0.2) is 10.9 Å². The van der Waals surface area contributed by atoms with Crippen molar-refractivity contribution in [2.24, 2.45) is 5.73 Å². The topological polar surface area (TPSA) is 91.2 Å². The molecule has 0 aliphatic carbocycles. The summed E-state index contributed by atoms with van der Waals surface area (Å²) in [5, 5.41) is 0. The molecule has 1 amide bonds. The fourth-order valence-corrected chi connectivity index (χ4v) is 1.71. The van der Waals surface area contributed by atoms with Crippen LogP contribution in [0, 0.1) is 6.92 Å². The molecule has 6 heteroatoms. The Morgan fingerprint density at radius 1 is 1.32 bits per heavy atom. The van der Waals surface area contributed by atoms with Crippen molar-refractivity contribution >= 4 is 27.5 Å². The summed E-state index contributed by atoms with van der Waals surface area (Å²) in [5.41, 5.74) is 12.4. The second kappa shape index (κ2) is 5.27. The number of carbonyl (C=O) groups excluding carboxylic acids is 1. The van der Waals surface area contributed by atoms with Gasteiger partial charge in [-0.05, 0) is 42.8 Å². The van der Waals surface area contributed by atoms with E-state index in [2.05, 4.69) is 20.9 Å². The van der Waals surface area contributed by atoms with Crippen molar-refractivity contribution in [1.82, 2.24) is 4.98 Å². The number of halogens is 1. The van der Waals surface area contributed by atoms with E-state index < -0.39 is 5.91 Å². The van der Waals surface area contributed by atoms with E-state index in [-0.39, 0.29) is 11.6 Å². The Labute approximate surface area is 118 Å². The number of benzene rings is 1. The molecule has 1 heterocycles. The van der Waals surface area contributed by atoms with Gasteiger partial charge in [0, 0.05) is 4.47 Å². The molecule has 5 nitrogen and oxygen atoms in total. The van der Waals surface area contributed by atoms with Crippen molar-refractivity contribution in [2.45, 2.75) is 6.92 Å². The molecule has 0 atom stereocenters. The van der Waals surface area contributed by atoms with Gasteiger partial charge in [0.15, 0.2) is 0 Å². The Balaban J connectivity index is 2.34. The molecule has 0 aliphatic heterocycles. The minimum atomic E-state index is -0.628. The molecule has 0 unspecified atom stereocenters. The summed E-state index contributed by atoms with van der Waals surface area (Å²) in [5.74, 6) is 0.122. The van der Waals surface area contributed by atoms with E-state index in [9.17, 15) is 4.79 Å². The number of ether oxygens (including phenoxy) is 1. The highest BCUT2D eigenvalue weighted by molar-refractivity contribution is 9.10. The zero-order chi connectivity index (χ0) is 14.0. The number of anilines is 1. The van der Waals surface area contributed by atoms with Gasteiger partial charge in [-0.15, -0.1) is 0 Å². The molecule has 0 fully saturated rings. The molecular weight excluding hydrogens is 310 g/mol. The summed E-state index contributed by atoms with van der Waals surface area (Å²) in [6, 6.07) is 8.46. The van der Waals surface area contributed by atoms with Gasteiger partial charge in [0.05, 0.1) is 5.69 Å². The van der Waals surface area contributed by atoms with E-state index in [1.54, 1.807) is 6.07 Å². The Hall–Kier alpha value is -2.08. The van der Waals surface area contributed by atoms with Gasteiger partial charge < -0.3 is 16.2 Å². The summed E-state index contributed by atoms with van der Waals surface area (Å²) >= 11 is 3.40. The lowest BCUT2D eigenvalue weighted by molar-refractivity contribution is 0.0995. The van der Waals surface area contributed by atoms with Crippen LogP contribution in [0.25, 0.3) is 0 Å². The van der Waals surface area contributed by atoms with Crippen molar-refractivity contribution in [3.8, 4) is 11.6 Å². The standard InChI is InChI=1S/C13H12BrN3O2/c1-7-6-8(2-3-9(7)14)19-13-10(15)4-5-11(17-13)12(16)18/h2-6H,15H2,1H3,(H2,16,18). The zero-order valence-electron chi connectivity index (χ0n) is 10.2. The van der Waals surface area contributed by atoms with E-state index >= 15 is 0 Å². The molecule has 19 heavy (non-hydrogen) atoms. The van der Waals surface area contributed by atoms with Crippen molar-refractivity contribution in [2.75, 3.05) is 5.73 Å². The Kier molecular flexibility index (Phi) is 3.71. The van der Waals surface area contributed by atoms with Gasteiger partial charge in [-0.1, -0.05) is 15.9 Å². The minimum absolute atomic E-state index is 0.109. The lowest BCUT2D eigenvalue weighted by atomic mass is 10.2. The monoisotopic (exact) mass is 321 g/mol. The number of amides is 1. The van der Waals surface area contributed by atoms with Crippen molar-refractivity contribution < 1.29 is 9.53 Å². The maximum atomic E-state index is 11.1. The molecule has 0 radical (unpaired) electrons. The highest BCUT2D eigenvalue weighted by Crippen LogP contribution is 2.28. The zero-order valence-corrected chi connectivity index (χ0v) is 11.8. The first-order chi connectivity index (χ1) is 8.97. The highest BCUT2D eigenvalue weighted by Gasteiger charge is 2.09. The number of primary amides is 1. The van der Waals surface area contributed by atoms with Crippen LogP contribution in [0.5, 0.6) is 11.6 Å². The van der Waals surface area contributed by atoms with Gasteiger partial charge in [-0.3, -0.25) is 4.79 Å². The fourth-order valence-electron chi connectivity index (χ4n) is 1.46. The third-order valence-electron chi connectivity index (χ3n) is 2.49. The van der Waals surface area contributed by atoms with E-state index in [1.807, 2.05) is 19.1 Å². The van der Waals surface area contributed by atoms with Crippen LogP contribution >= 0.6 is 15.9 Å². The normalized spacial score (nSPS) is 10.2. The van der Waals surface area contributed by atoms with Crippen molar-refractivity contribution in [3.05, 3.63) is 46.1 Å². The summed E-state index contributed by atoms with van der Waals surface area (Å²) in [6.07, 6.45) is 0. The number of aryl methyl sites for hydroxylation is 1. The molecule has 0 saturated carbocycles. The fraction of sp³-hybridized carbons (Fsp3) is 0.0769. The average Bonchev–Trinajstić information content (AvgIpc) is 2.36. The average molecular weight is 322 g/mol. The molecule has 0 bridgehead atoms. The number of hydrogen-bond donors (Lipinski definition) is 2. The van der Waals surface area contributed by atoms with E-state index in [0.29, 0.717) is 11.4 Å². The maximum Gasteiger partial charge on any atom is 0.267 e. The molecule has 1 aromatic heterocycles. The van der Waals surface area contributed by atoms with E-state index in [0.717, 1.165) is 10.0 Å². The molecule has 0 saturated heterocycles. The SMILES string of the molecule is Cc1cc(Oc2nc(C(N)=O)ccc2N)ccc1Br. The summed E-state index contributed by atoms with van der Waals surface area (Å²) in [6.45, 7) is 1.94. The highest BCUT2D eigenvalue weighted by atomic mass is 79.9. The largest absolute Gasteiger partial charge is 0.437 e. The van der Waals surface area contributed by atoms with Gasteiger partial charge in [-0.2, -0.15) is 0 Å². The quantitative estimate of drug-likeness (QED) is 0.909. The summed E-state index contributed by atoms with van der Waals surface area (Å²) in [4.78, 5) is 15.1. The summed E-state index contributed by atoms with van der Waals surface area (Å²) < 4.78 is 6.55. The number of nitrogens with zero attached hydrogens (tertiary/aromatic N) is 1. The first-order valence-electron chi connectivity index (χ1n) is 5.47. The van der Waals surface area contributed by atoms with Crippen LogP contribution in [0.2, 0.25) is 0 Å². The van der Waals surface area contributed by atoms with Crippen molar-refractivity contribution in [1.29, 1.82) is 0 Å². The van der Waals surface area contributed by atoms with Crippen LogP contribution in [0.15, 0.2) is 34.8 Å². The number of carbonyl (C=O) groups is 1. The molecule has 1 aromatic carbocycles. The van der Waals surface area contributed by atoms with Gasteiger partial charge in [0.1, 0.15) is 11.4 Å². The molecule has 98 valence electrons. The van der Waals surface area contributed by atoms with Crippen LogP contribution in [0.3, 0.4) is 0 Å². The second-order valence-corrected chi connectivity index (χ2v) is 4.82. The lowest BCUT2D eigenvalue weighted by Crippen LogP contribution is -2.13. The molecule has 2 rings (SSSR count). The van der Waals surface area contributed by atoms with Gasteiger partial charge in [-0.25, -0.2) is 4.98 Å². The Morgan fingerprint density at radius 3 is 2.68 bits per heavy atom. The molecule has 0 aliphatic rings. The van der Waals surface area contributed by atoms with E-state index in [4.69, 9.17) is 16.2 Å². The lowest BCUT2D eigenvalue weighted by Gasteiger charge is -2.09. The predicted octanol–water partition coefficient (Wildman–Crippen LogP) is 2.63. The molecule has 2 aromatic rings. The Bertz CT molecular complexity index is 644. The van der Waals surface area contributed by atoms with Crippen LogP contribution in [0.4, 0.5) is 5.69 Å². The number of hydrogen-bond acceptors (Lipinski definition) is 4. The number of aromatic nitrogens is 1. The molecular formula is C13H12BrN3O2. The smallest absolute Gasteiger partial charge is 0.267 e. The molecule has 0 spiro atoms. The Morgan fingerprint density at radius 2 is 2.05 bits per heavy atom. The third-order valence-corrected chi connectivity index (χ3v) is 3.38. The number of pyridine rings is 1. The number of rotatable bonds is 3. The maximum absolute atomic E-state index is 11.1. The first-order valence-corrected chi connectivity index (χ1v) is 6.27. The first kappa shape index (κ1) is 13.4. The van der Waals surface area contributed by atoms with Gasteiger partial charge in [0.2, 0.25) is 5.88 Å². The van der Waals surface area contributed by atoms with E-state index in [1.165, 1.54) is 12.1 Å². The number of nitrogen functional groups attached to an aromatic ring is 1. The predicted molar refractivity (Wildman–Crippen MR) is 76.1 cm³/mol. The van der Waals surface area contributed by atoms with Crippen LogP contribution < -0.4 is 16.2 Å². The second-order valence-electron chi connectivity index (χ2n) is 3.97. The van der Waals surface area contributed by atoms with Gasteiger partial charge >= 0.3 is 0 Å². The van der Waals surface area contributed by atoms with Gasteiger partial charge in [0.25, 0.3) is 5.91 Å². The van der Waals surface area contributed by atoms with Crippen molar-refractivity contribution in [3.63, 3.8) is 0 Å². The van der Waals surface area contributed by atoms with Crippen LogP contribution in [-0.2, 0) is 0 Å². The molecule has 4 N–H and O–H groups in total. The summed E-state index contributed by atoms with van der Waals surface area (Å²) in [7, 11) is 0. The number of nitrogens with two attached hydrogens (primary N) is 2. The van der Waals surface area contributed by atoms with Crippen LogP contribution in [0.1, 0.15) is 16.1 Å². The third kappa shape index (κ3) is 3.03.